The third-order valence-corrected chi connectivity index (χ3v) is 4.84. The number of anilines is 1. The van der Waals surface area contributed by atoms with E-state index >= 15 is 0 Å². The lowest BCUT2D eigenvalue weighted by Gasteiger charge is -2.14. The molecular formula is C18H16FN5O2S. The van der Waals surface area contributed by atoms with Crippen LogP contribution in [0.1, 0.15) is 17.7 Å². The minimum Gasteiger partial charge on any atom is -0.368 e. The number of thioether (sulfide) groups is 1. The molecule has 3 aromatic rings. The largest absolute Gasteiger partial charge is 0.368 e. The number of primary amides is 1. The van der Waals surface area contributed by atoms with Gasteiger partial charge in [0.25, 0.3) is 0 Å². The quantitative estimate of drug-likeness (QED) is 0.635. The minimum atomic E-state index is -0.757. The van der Waals surface area contributed by atoms with E-state index < -0.39 is 17.0 Å². The number of rotatable bonds is 6. The lowest BCUT2D eigenvalue weighted by Crippen LogP contribution is -2.19. The topological polar surface area (TPSA) is 103 Å². The second-order valence-electron chi connectivity index (χ2n) is 5.67. The molecule has 1 heterocycles. The number of nitrogens with two attached hydrogens (primary N) is 1. The van der Waals surface area contributed by atoms with Crippen LogP contribution in [0.5, 0.6) is 0 Å². The zero-order chi connectivity index (χ0) is 19.4. The van der Waals surface area contributed by atoms with Gasteiger partial charge in [0, 0.05) is 12.6 Å². The summed E-state index contributed by atoms with van der Waals surface area (Å²) in [6.07, 6.45) is 1.50. The Hall–Kier alpha value is -3.20. The Morgan fingerprint density at radius 2 is 1.96 bits per heavy atom. The molecule has 0 aliphatic rings. The molecule has 0 unspecified atom stereocenters. The predicted octanol–water partition coefficient (Wildman–Crippen LogP) is 2.68. The molecule has 9 heteroatoms. The minimum absolute atomic E-state index is 0.185. The van der Waals surface area contributed by atoms with E-state index in [1.807, 2.05) is 6.07 Å². The normalized spacial score (nSPS) is 11.8. The first-order valence-electron chi connectivity index (χ1n) is 7.93. The van der Waals surface area contributed by atoms with Crippen molar-refractivity contribution in [1.29, 1.82) is 0 Å². The number of hydrogen-bond acceptors (Lipinski definition) is 5. The first-order valence-corrected chi connectivity index (χ1v) is 8.81. The molecule has 2 aromatic carbocycles. The van der Waals surface area contributed by atoms with E-state index in [2.05, 4.69) is 15.5 Å². The first-order chi connectivity index (χ1) is 12.9. The van der Waals surface area contributed by atoms with Crippen LogP contribution in [0.2, 0.25) is 0 Å². The summed E-state index contributed by atoms with van der Waals surface area (Å²) in [5.41, 5.74) is 7.42. The third-order valence-electron chi connectivity index (χ3n) is 3.62. The van der Waals surface area contributed by atoms with Crippen molar-refractivity contribution in [2.45, 2.75) is 17.3 Å². The van der Waals surface area contributed by atoms with Crippen molar-refractivity contribution in [2.24, 2.45) is 5.73 Å². The fraction of sp³-hybridized carbons (Fsp3) is 0.111. The molecule has 0 saturated heterocycles. The zero-order valence-corrected chi connectivity index (χ0v) is 15.1. The highest BCUT2D eigenvalue weighted by atomic mass is 32.2. The SMILES string of the molecule is CC(=O)Nc1cccc(-n2cnnc2S[C@@H](C(N)=O)c2ccc(F)cc2)c1. The number of halogens is 1. The molecule has 1 aromatic heterocycles. The standard InChI is InChI=1S/C18H16FN5O2S/c1-11(25)22-14-3-2-4-15(9-14)24-10-21-23-18(24)27-16(17(20)26)12-5-7-13(19)8-6-12/h2-10,16H,1H3,(H2,20,26)(H,22,25)/t16-/m1/s1. The number of benzene rings is 2. The van der Waals surface area contributed by atoms with Crippen LogP contribution in [0, 0.1) is 5.82 Å². The van der Waals surface area contributed by atoms with Crippen LogP contribution < -0.4 is 11.1 Å². The number of nitrogens with zero attached hydrogens (tertiary/aromatic N) is 3. The van der Waals surface area contributed by atoms with Crippen LogP contribution in [0.4, 0.5) is 10.1 Å². The number of nitrogens with one attached hydrogen (secondary N) is 1. The fourth-order valence-corrected chi connectivity index (χ4v) is 3.43. The molecule has 3 rings (SSSR count). The van der Waals surface area contributed by atoms with Crippen molar-refractivity contribution in [2.75, 3.05) is 5.32 Å². The summed E-state index contributed by atoms with van der Waals surface area (Å²) in [7, 11) is 0. The predicted molar refractivity (Wildman–Crippen MR) is 99.9 cm³/mol. The summed E-state index contributed by atoms with van der Waals surface area (Å²) in [5.74, 6) is -1.16. The van der Waals surface area contributed by atoms with Gasteiger partial charge in [-0.3, -0.25) is 14.2 Å². The van der Waals surface area contributed by atoms with E-state index in [1.165, 1.54) is 37.5 Å². The molecule has 0 fully saturated rings. The maximum absolute atomic E-state index is 13.2. The fourth-order valence-electron chi connectivity index (χ4n) is 2.45. The molecule has 27 heavy (non-hydrogen) atoms. The van der Waals surface area contributed by atoms with Gasteiger partial charge in [-0.2, -0.15) is 0 Å². The second-order valence-corrected chi connectivity index (χ2v) is 6.74. The Bertz CT molecular complexity index is 974. The molecule has 0 aliphatic heterocycles. The molecule has 0 spiro atoms. The Morgan fingerprint density at radius 3 is 2.63 bits per heavy atom. The van der Waals surface area contributed by atoms with Gasteiger partial charge in [-0.15, -0.1) is 10.2 Å². The van der Waals surface area contributed by atoms with Crippen molar-refractivity contribution in [3.05, 3.63) is 66.2 Å². The summed E-state index contributed by atoms with van der Waals surface area (Å²) in [4.78, 5) is 23.2. The van der Waals surface area contributed by atoms with Gasteiger partial charge in [0.15, 0.2) is 5.16 Å². The Kier molecular flexibility index (Phi) is 5.51. The van der Waals surface area contributed by atoms with Gasteiger partial charge >= 0.3 is 0 Å². The highest BCUT2D eigenvalue weighted by molar-refractivity contribution is 8.00. The summed E-state index contributed by atoms with van der Waals surface area (Å²) in [6.45, 7) is 1.42. The van der Waals surface area contributed by atoms with Gasteiger partial charge in [0.05, 0.1) is 5.69 Å². The van der Waals surface area contributed by atoms with Crippen LogP contribution in [0.15, 0.2) is 60.0 Å². The Morgan fingerprint density at radius 1 is 1.22 bits per heavy atom. The van der Waals surface area contributed by atoms with Gasteiger partial charge in [-0.25, -0.2) is 4.39 Å². The van der Waals surface area contributed by atoms with E-state index in [9.17, 15) is 14.0 Å². The number of amides is 2. The second kappa shape index (κ2) is 8.00. The smallest absolute Gasteiger partial charge is 0.235 e. The van der Waals surface area contributed by atoms with Crippen molar-refractivity contribution < 1.29 is 14.0 Å². The van der Waals surface area contributed by atoms with E-state index in [4.69, 9.17) is 5.73 Å². The molecule has 0 radical (unpaired) electrons. The van der Waals surface area contributed by atoms with Crippen LogP contribution in [-0.2, 0) is 9.59 Å². The summed E-state index contributed by atoms with van der Waals surface area (Å²) in [6, 6.07) is 12.7. The third kappa shape index (κ3) is 4.50. The zero-order valence-electron chi connectivity index (χ0n) is 14.3. The molecule has 0 saturated carbocycles. The van der Waals surface area contributed by atoms with Crippen molar-refractivity contribution in [3.8, 4) is 5.69 Å². The van der Waals surface area contributed by atoms with Gasteiger partial charge in [-0.1, -0.05) is 30.0 Å². The summed E-state index contributed by atoms with van der Waals surface area (Å²) in [5, 5.41) is 10.3. The van der Waals surface area contributed by atoms with Crippen LogP contribution in [0.3, 0.4) is 0 Å². The van der Waals surface area contributed by atoms with Crippen molar-refractivity contribution in [3.63, 3.8) is 0 Å². The average Bonchev–Trinajstić information content (AvgIpc) is 3.08. The summed E-state index contributed by atoms with van der Waals surface area (Å²) < 4.78 is 14.8. The van der Waals surface area contributed by atoms with Gasteiger partial charge in [0.2, 0.25) is 11.8 Å². The van der Waals surface area contributed by atoms with Crippen LogP contribution in [0.25, 0.3) is 5.69 Å². The molecule has 0 bridgehead atoms. The maximum atomic E-state index is 13.2. The number of aromatic nitrogens is 3. The maximum Gasteiger partial charge on any atom is 0.235 e. The molecule has 138 valence electrons. The Labute approximate surface area is 158 Å². The van der Waals surface area contributed by atoms with Crippen LogP contribution >= 0.6 is 11.8 Å². The molecule has 7 nitrogen and oxygen atoms in total. The lowest BCUT2D eigenvalue weighted by molar-refractivity contribution is -0.117. The highest BCUT2D eigenvalue weighted by Crippen LogP contribution is 2.35. The van der Waals surface area contributed by atoms with Crippen LogP contribution in [-0.4, -0.2) is 26.6 Å². The van der Waals surface area contributed by atoms with E-state index in [-0.39, 0.29) is 5.91 Å². The van der Waals surface area contributed by atoms with Gasteiger partial charge in [0.1, 0.15) is 17.4 Å². The highest BCUT2D eigenvalue weighted by Gasteiger charge is 2.23. The number of carbonyl (C=O) groups excluding carboxylic acids is 2. The number of carbonyl (C=O) groups is 2. The van der Waals surface area contributed by atoms with E-state index in [0.717, 1.165) is 11.8 Å². The summed E-state index contributed by atoms with van der Waals surface area (Å²) >= 11 is 1.11. The van der Waals surface area contributed by atoms with Gasteiger partial charge in [-0.05, 0) is 35.9 Å². The molecule has 0 aliphatic carbocycles. The number of hydrogen-bond donors (Lipinski definition) is 2. The average molecular weight is 385 g/mol. The first kappa shape index (κ1) is 18.6. The van der Waals surface area contributed by atoms with Gasteiger partial charge < -0.3 is 11.1 Å². The monoisotopic (exact) mass is 385 g/mol. The Balaban J connectivity index is 1.91. The lowest BCUT2D eigenvalue weighted by atomic mass is 10.1. The molecular weight excluding hydrogens is 369 g/mol. The molecule has 2 amide bonds. The van der Waals surface area contributed by atoms with E-state index in [1.54, 1.807) is 22.8 Å². The van der Waals surface area contributed by atoms with Crippen molar-refractivity contribution >= 4 is 29.3 Å². The van der Waals surface area contributed by atoms with E-state index in [0.29, 0.717) is 22.1 Å². The molecule has 3 N–H and O–H groups in total. The molecule has 1 atom stereocenters. The van der Waals surface area contributed by atoms with Crippen molar-refractivity contribution in [1.82, 2.24) is 14.8 Å².